The maximum Gasteiger partial charge on any atom is 0.112 e. The van der Waals surface area contributed by atoms with Crippen molar-refractivity contribution in [1.82, 2.24) is 5.32 Å². The van der Waals surface area contributed by atoms with Gasteiger partial charge >= 0.3 is 0 Å². The molecule has 0 aromatic carbocycles. The number of hydrogen-bond acceptors (Lipinski definition) is 1. The molecule has 2 heteroatoms. The van der Waals surface area contributed by atoms with Crippen LogP contribution in [0.1, 0.15) is 39.0 Å². The van der Waals surface area contributed by atoms with Crippen LogP contribution in [0.2, 0.25) is 0 Å². The van der Waals surface area contributed by atoms with E-state index in [9.17, 15) is 4.39 Å². The third-order valence-electron chi connectivity index (χ3n) is 3.13. The van der Waals surface area contributed by atoms with Crippen molar-refractivity contribution in [1.29, 1.82) is 0 Å². The molecule has 1 fully saturated rings. The number of rotatable bonds is 4. The van der Waals surface area contributed by atoms with Gasteiger partial charge in [0.25, 0.3) is 0 Å². The van der Waals surface area contributed by atoms with E-state index in [0.29, 0.717) is 12.8 Å². The lowest BCUT2D eigenvalue weighted by molar-refractivity contribution is 0.0720. The highest BCUT2D eigenvalue weighted by molar-refractivity contribution is 4.89. The van der Waals surface area contributed by atoms with Crippen molar-refractivity contribution >= 4 is 0 Å². The molecule has 0 aromatic rings. The lowest BCUT2D eigenvalue weighted by Gasteiger charge is -2.33. The number of unbranched alkanes of at least 4 members (excludes halogenated alkanes) is 1. The predicted molar refractivity (Wildman–Crippen MR) is 57.8 cm³/mol. The zero-order valence-corrected chi connectivity index (χ0v) is 8.98. The van der Waals surface area contributed by atoms with Crippen molar-refractivity contribution in [3.8, 4) is 12.3 Å². The molecule has 0 bridgehead atoms. The largest absolute Gasteiger partial charge is 0.316 e. The molecule has 1 heterocycles. The molecule has 2 atom stereocenters. The summed E-state index contributed by atoms with van der Waals surface area (Å²) in [6, 6.07) is 0. The van der Waals surface area contributed by atoms with Crippen molar-refractivity contribution in [2.75, 3.05) is 13.1 Å². The average molecular weight is 197 g/mol. The van der Waals surface area contributed by atoms with Gasteiger partial charge in [0, 0.05) is 18.9 Å². The fraction of sp³-hybridized carbons (Fsp3) is 0.833. The highest BCUT2D eigenvalue weighted by Gasteiger charge is 2.34. The second-order valence-corrected chi connectivity index (χ2v) is 4.38. The molecular formula is C12H20FN. The van der Waals surface area contributed by atoms with E-state index in [1.165, 1.54) is 0 Å². The van der Waals surface area contributed by atoms with Crippen molar-refractivity contribution in [2.45, 2.75) is 44.7 Å². The van der Waals surface area contributed by atoms with Gasteiger partial charge in [-0.1, -0.05) is 0 Å². The van der Waals surface area contributed by atoms with Gasteiger partial charge in [-0.25, -0.2) is 4.39 Å². The highest BCUT2D eigenvalue weighted by Crippen LogP contribution is 2.32. The zero-order chi connectivity index (χ0) is 10.4. The van der Waals surface area contributed by atoms with Gasteiger partial charge in [0.15, 0.2) is 0 Å². The fourth-order valence-electron chi connectivity index (χ4n) is 2.11. The molecule has 0 spiro atoms. The minimum atomic E-state index is -1.04. The van der Waals surface area contributed by atoms with Gasteiger partial charge in [0.2, 0.25) is 0 Å². The molecule has 2 unspecified atom stereocenters. The monoisotopic (exact) mass is 197 g/mol. The van der Waals surface area contributed by atoms with E-state index >= 15 is 0 Å². The van der Waals surface area contributed by atoms with Crippen LogP contribution in [-0.2, 0) is 0 Å². The third kappa shape index (κ3) is 3.31. The second-order valence-electron chi connectivity index (χ2n) is 4.38. The molecular weight excluding hydrogens is 177 g/mol. The van der Waals surface area contributed by atoms with Crippen molar-refractivity contribution in [2.24, 2.45) is 5.92 Å². The SMILES string of the molecule is C#CCCCC(C)(F)C1CCCNC1. The Hall–Kier alpha value is -0.550. The standard InChI is InChI=1S/C12H20FN/c1-3-4-5-8-12(2,13)11-7-6-9-14-10-11/h1,11,14H,4-10H2,2H3. The van der Waals surface area contributed by atoms with Crippen LogP contribution >= 0.6 is 0 Å². The van der Waals surface area contributed by atoms with Crippen LogP contribution in [0.5, 0.6) is 0 Å². The van der Waals surface area contributed by atoms with Gasteiger partial charge in [-0.3, -0.25) is 0 Å². The first-order chi connectivity index (χ1) is 6.67. The molecule has 1 saturated heterocycles. The van der Waals surface area contributed by atoms with Gasteiger partial charge < -0.3 is 5.32 Å². The van der Waals surface area contributed by atoms with Crippen LogP contribution in [0.3, 0.4) is 0 Å². The van der Waals surface area contributed by atoms with Crippen LogP contribution in [0.15, 0.2) is 0 Å². The minimum Gasteiger partial charge on any atom is -0.316 e. The summed E-state index contributed by atoms with van der Waals surface area (Å²) in [6.45, 7) is 3.58. The van der Waals surface area contributed by atoms with E-state index in [1.807, 2.05) is 0 Å². The van der Waals surface area contributed by atoms with Crippen LogP contribution in [0, 0.1) is 18.3 Å². The lowest BCUT2D eigenvalue weighted by Crippen LogP contribution is -2.41. The van der Waals surface area contributed by atoms with Crippen LogP contribution in [0.4, 0.5) is 4.39 Å². The van der Waals surface area contributed by atoms with Crippen molar-refractivity contribution < 1.29 is 4.39 Å². The summed E-state index contributed by atoms with van der Waals surface area (Å²) in [5.41, 5.74) is -1.04. The summed E-state index contributed by atoms with van der Waals surface area (Å²) >= 11 is 0. The van der Waals surface area contributed by atoms with E-state index < -0.39 is 5.67 Å². The molecule has 0 aromatic heterocycles. The highest BCUT2D eigenvalue weighted by atomic mass is 19.1. The number of nitrogens with one attached hydrogen (secondary N) is 1. The summed E-state index contributed by atoms with van der Waals surface area (Å²) in [5.74, 6) is 2.74. The van der Waals surface area contributed by atoms with Crippen LogP contribution in [0.25, 0.3) is 0 Å². The van der Waals surface area contributed by atoms with Gasteiger partial charge in [0.1, 0.15) is 5.67 Å². The van der Waals surface area contributed by atoms with Crippen LogP contribution < -0.4 is 5.32 Å². The quantitative estimate of drug-likeness (QED) is 0.539. The molecule has 0 amide bonds. The number of alkyl halides is 1. The number of hydrogen-bond donors (Lipinski definition) is 1. The Morgan fingerprint density at radius 2 is 2.43 bits per heavy atom. The van der Waals surface area contributed by atoms with Gasteiger partial charge in [0.05, 0.1) is 0 Å². The molecule has 1 nitrogen and oxygen atoms in total. The van der Waals surface area contributed by atoms with Crippen molar-refractivity contribution in [3.05, 3.63) is 0 Å². The predicted octanol–water partition coefficient (Wildman–Crippen LogP) is 2.52. The Bertz CT molecular complexity index is 199. The van der Waals surface area contributed by atoms with E-state index in [1.54, 1.807) is 6.92 Å². The summed E-state index contributed by atoms with van der Waals surface area (Å²) in [4.78, 5) is 0. The Morgan fingerprint density at radius 3 is 3.00 bits per heavy atom. The zero-order valence-electron chi connectivity index (χ0n) is 8.98. The molecule has 80 valence electrons. The van der Waals surface area contributed by atoms with E-state index in [4.69, 9.17) is 6.42 Å². The van der Waals surface area contributed by atoms with Crippen molar-refractivity contribution in [3.63, 3.8) is 0 Å². The fourth-order valence-corrected chi connectivity index (χ4v) is 2.11. The second kappa shape index (κ2) is 5.36. The van der Waals surface area contributed by atoms with Crippen LogP contribution in [-0.4, -0.2) is 18.8 Å². The first-order valence-corrected chi connectivity index (χ1v) is 5.50. The smallest absolute Gasteiger partial charge is 0.112 e. The summed E-state index contributed by atoms with van der Waals surface area (Å²) in [6.07, 6.45) is 9.36. The van der Waals surface area contributed by atoms with Gasteiger partial charge in [-0.2, -0.15) is 0 Å². The summed E-state index contributed by atoms with van der Waals surface area (Å²) < 4.78 is 14.2. The Morgan fingerprint density at radius 1 is 1.64 bits per heavy atom. The molecule has 1 N–H and O–H groups in total. The Kier molecular flexibility index (Phi) is 4.41. The molecule has 0 aliphatic carbocycles. The molecule has 0 radical (unpaired) electrons. The minimum absolute atomic E-state index is 0.175. The third-order valence-corrected chi connectivity index (χ3v) is 3.13. The average Bonchev–Trinajstić information content (AvgIpc) is 2.19. The molecule has 14 heavy (non-hydrogen) atoms. The lowest BCUT2D eigenvalue weighted by atomic mass is 9.82. The number of piperidine rings is 1. The molecule has 0 saturated carbocycles. The Labute approximate surface area is 86.5 Å². The number of terminal acetylenes is 1. The molecule has 1 aliphatic rings. The molecule has 1 rings (SSSR count). The van der Waals surface area contributed by atoms with E-state index in [2.05, 4.69) is 11.2 Å². The molecule has 1 aliphatic heterocycles. The number of halogens is 1. The maximum atomic E-state index is 14.2. The normalized spacial score (nSPS) is 26.5. The van der Waals surface area contributed by atoms with Gasteiger partial charge in [-0.15, -0.1) is 12.3 Å². The summed E-state index contributed by atoms with van der Waals surface area (Å²) in [5, 5.41) is 3.25. The van der Waals surface area contributed by atoms with E-state index in [0.717, 1.165) is 32.4 Å². The van der Waals surface area contributed by atoms with Gasteiger partial charge in [-0.05, 0) is 39.2 Å². The summed E-state index contributed by atoms with van der Waals surface area (Å²) in [7, 11) is 0. The first-order valence-electron chi connectivity index (χ1n) is 5.50. The first kappa shape index (κ1) is 11.5. The van der Waals surface area contributed by atoms with E-state index in [-0.39, 0.29) is 5.92 Å². The topological polar surface area (TPSA) is 12.0 Å². The Balaban J connectivity index is 2.34. The maximum absolute atomic E-state index is 14.2.